The number of carbonyl (C=O) groups excluding carboxylic acids is 1. The molecule has 134 valence electrons. The molecule has 3 rings (SSSR count). The SMILES string of the molecule is Cl.O=C(c1ccncc1)N1CCC(NCc2ccc(F)c(F)c2)CC1. The average Bonchev–Trinajstić information content (AvgIpc) is 2.63. The molecular weight excluding hydrogens is 348 g/mol. The number of rotatable bonds is 4. The Morgan fingerprint density at radius 1 is 1.12 bits per heavy atom. The number of nitrogens with zero attached hydrogens (tertiary/aromatic N) is 2. The molecule has 1 saturated heterocycles. The number of hydrogen-bond acceptors (Lipinski definition) is 3. The number of pyridine rings is 1. The second kappa shape index (κ2) is 8.87. The maximum absolute atomic E-state index is 13.2. The van der Waals surface area contributed by atoms with Crippen LogP contribution in [-0.4, -0.2) is 34.9 Å². The minimum atomic E-state index is -0.832. The number of amides is 1. The van der Waals surface area contributed by atoms with Crippen molar-refractivity contribution < 1.29 is 13.6 Å². The Morgan fingerprint density at radius 3 is 2.44 bits per heavy atom. The van der Waals surface area contributed by atoms with Gasteiger partial charge in [0.1, 0.15) is 0 Å². The van der Waals surface area contributed by atoms with Gasteiger partial charge in [-0.1, -0.05) is 6.07 Å². The van der Waals surface area contributed by atoms with Crippen molar-refractivity contribution in [3.05, 3.63) is 65.5 Å². The molecule has 1 aromatic heterocycles. The molecule has 1 amide bonds. The highest BCUT2D eigenvalue weighted by Gasteiger charge is 2.23. The van der Waals surface area contributed by atoms with E-state index in [1.165, 1.54) is 6.07 Å². The molecule has 1 aliphatic rings. The molecule has 7 heteroatoms. The van der Waals surface area contributed by atoms with Crippen molar-refractivity contribution in [2.45, 2.75) is 25.4 Å². The van der Waals surface area contributed by atoms with Crippen LogP contribution in [-0.2, 0) is 6.54 Å². The lowest BCUT2D eigenvalue weighted by Crippen LogP contribution is -2.44. The van der Waals surface area contributed by atoms with Gasteiger partial charge in [-0.05, 0) is 42.7 Å². The van der Waals surface area contributed by atoms with Gasteiger partial charge in [-0.3, -0.25) is 9.78 Å². The molecule has 1 N–H and O–H groups in total. The molecule has 0 aliphatic carbocycles. The van der Waals surface area contributed by atoms with E-state index in [0.717, 1.165) is 18.9 Å². The van der Waals surface area contributed by atoms with Crippen molar-refractivity contribution in [1.82, 2.24) is 15.2 Å². The third-order valence-electron chi connectivity index (χ3n) is 4.29. The van der Waals surface area contributed by atoms with E-state index in [2.05, 4.69) is 10.3 Å². The molecule has 1 aliphatic heterocycles. The van der Waals surface area contributed by atoms with Crippen molar-refractivity contribution in [3.63, 3.8) is 0 Å². The van der Waals surface area contributed by atoms with Crippen LogP contribution in [0, 0.1) is 11.6 Å². The van der Waals surface area contributed by atoms with Gasteiger partial charge in [-0.15, -0.1) is 12.4 Å². The van der Waals surface area contributed by atoms with Gasteiger partial charge >= 0.3 is 0 Å². The van der Waals surface area contributed by atoms with Crippen LogP contribution in [0.25, 0.3) is 0 Å². The van der Waals surface area contributed by atoms with Crippen LogP contribution in [0.4, 0.5) is 8.78 Å². The number of hydrogen-bond donors (Lipinski definition) is 1. The number of aromatic nitrogens is 1. The molecular formula is C18H20ClF2N3O. The van der Waals surface area contributed by atoms with E-state index in [9.17, 15) is 13.6 Å². The minimum Gasteiger partial charge on any atom is -0.339 e. The predicted octanol–water partition coefficient (Wildman–Crippen LogP) is 3.18. The molecule has 2 aromatic rings. The zero-order chi connectivity index (χ0) is 16.9. The van der Waals surface area contributed by atoms with Crippen molar-refractivity contribution in [2.24, 2.45) is 0 Å². The first-order valence-electron chi connectivity index (χ1n) is 8.00. The van der Waals surface area contributed by atoms with Crippen LogP contribution in [0.2, 0.25) is 0 Å². The summed E-state index contributed by atoms with van der Waals surface area (Å²) >= 11 is 0. The van der Waals surface area contributed by atoms with Crippen LogP contribution >= 0.6 is 12.4 Å². The molecule has 0 saturated carbocycles. The van der Waals surface area contributed by atoms with Gasteiger partial charge in [-0.2, -0.15) is 0 Å². The van der Waals surface area contributed by atoms with Crippen LogP contribution in [0.5, 0.6) is 0 Å². The molecule has 4 nitrogen and oxygen atoms in total. The summed E-state index contributed by atoms with van der Waals surface area (Å²) in [7, 11) is 0. The molecule has 0 bridgehead atoms. The van der Waals surface area contributed by atoms with Crippen LogP contribution in [0.3, 0.4) is 0 Å². The predicted molar refractivity (Wildman–Crippen MR) is 93.6 cm³/mol. The number of piperidine rings is 1. The quantitative estimate of drug-likeness (QED) is 0.902. The summed E-state index contributed by atoms with van der Waals surface area (Å²) in [5, 5.41) is 3.35. The standard InChI is InChI=1S/C18H19F2N3O.ClH/c19-16-2-1-13(11-17(16)20)12-22-15-5-9-23(10-6-15)18(24)14-3-7-21-8-4-14;/h1-4,7-8,11,15,22H,5-6,9-10,12H2;1H. The Kier molecular flexibility index (Phi) is 6.84. The summed E-state index contributed by atoms with van der Waals surface area (Å²) in [4.78, 5) is 18.1. The van der Waals surface area contributed by atoms with Crippen molar-refractivity contribution in [1.29, 1.82) is 0 Å². The largest absolute Gasteiger partial charge is 0.339 e. The molecule has 0 radical (unpaired) electrons. The lowest BCUT2D eigenvalue weighted by atomic mass is 10.0. The fraction of sp³-hybridized carbons (Fsp3) is 0.333. The summed E-state index contributed by atoms with van der Waals surface area (Å²) in [5.74, 6) is -1.63. The lowest BCUT2D eigenvalue weighted by Gasteiger charge is -2.32. The molecule has 2 heterocycles. The third kappa shape index (κ3) is 4.96. The third-order valence-corrected chi connectivity index (χ3v) is 4.29. The van der Waals surface area contributed by atoms with Crippen LogP contribution in [0.15, 0.2) is 42.7 Å². The Balaban J connectivity index is 0.00000225. The monoisotopic (exact) mass is 367 g/mol. The minimum absolute atomic E-state index is 0. The van der Waals surface area contributed by atoms with E-state index in [0.29, 0.717) is 30.8 Å². The lowest BCUT2D eigenvalue weighted by molar-refractivity contribution is 0.0704. The zero-order valence-corrected chi connectivity index (χ0v) is 14.4. The summed E-state index contributed by atoms with van der Waals surface area (Å²) in [6.45, 7) is 1.84. The maximum Gasteiger partial charge on any atom is 0.253 e. The fourth-order valence-electron chi connectivity index (χ4n) is 2.88. The molecule has 0 unspecified atom stereocenters. The molecule has 0 spiro atoms. The van der Waals surface area contributed by atoms with Gasteiger partial charge in [0.2, 0.25) is 0 Å². The molecule has 1 fully saturated rings. The normalized spacial score (nSPS) is 14.9. The number of nitrogens with one attached hydrogen (secondary N) is 1. The van der Waals surface area contributed by atoms with Gasteiger partial charge < -0.3 is 10.2 Å². The van der Waals surface area contributed by atoms with Crippen LogP contribution in [0.1, 0.15) is 28.8 Å². The van der Waals surface area contributed by atoms with Gasteiger partial charge in [-0.25, -0.2) is 8.78 Å². The van der Waals surface area contributed by atoms with E-state index in [1.807, 2.05) is 4.90 Å². The highest BCUT2D eigenvalue weighted by molar-refractivity contribution is 5.94. The Bertz CT molecular complexity index is 707. The Morgan fingerprint density at radius 2 is 1.80 bits per heavy atom. The highest BCUT2D eigenvalue weighted by atomic mass is 35.5. The fourth-order valence-corrected chi connectivity index (χ4v) is 2.88. The van der Waals surface area contributed by atoms with E-state index in [-0.39, 0.29) is 24.4 Å². The highest BCUT2D eigenvalue weighted by Crippen LogP contribution is 2.15. The first-order valence-corrected chi connectivity index (χ1v) is 8.00. The number of carbonyl (C=O) groups is 1. The summed E-state index contributed by atoms with van der Waals surface area (Å²) in [6, 6.07) is 7.63. The van der Waals surface area contributed by atoms with Crippen LogP contribution < -0.4 is 5.32 Å². The van der Waals surface area contributed by atoms with E-state index < -0.39 is 11.6 Å². The van der Waals surface area contributed by atoms with E-state index in [1.54, 1.807) is 30.6 Å². The summed E-state index contributed by atoms with van der Waals surface area (Å²) in [6.07, 6.45) is 4.90. The van der Waals surface area contributed by atoms with E-state index in [4.69, 9.17) is 0 Å². The Hall–Kier alpha value is -2.05. The molecule has 1 aromatic carbocycles. The van der Waals surface area contributed by atoms with Gasteiger partial charge in [0.05, 0.1) is 0 Å². The number of likely N-dealkylation sites (tertiary alicyclic amines) is 1. The zero-order valence-electron chi connectivity index (χ0n) is 13.6. The van der Waals surface area contributed by atoms with Crippen molar-refractivity contribution in [3.8, 4) is 0 Å². The summed E-state index contributed by atoms with van der Waals surface area (Å²) in [5.41, 5.74) is 1.36. The van der Waals surface area contributed by atoms with Gasteiger partial charge in [0.15, 0.2) is 11.6 Å². The van der Waals surface area contributed by atoms with Gasteiger partial charge in [0.25, 0.3) is 5.91 Å². The smallest absolute Gasteiger partial charge is 0.253 e. The first kappa shape index (κ1) is 19.3. The molecule has 0 atom stereocenters. The second-order valence-corrected chi connectivity index (χ2v) is 5.93. The van der Waals surface area contributed by atoms with Crippen molar-refractivity contribution in [2.75, 3.05) is 13.1 Å². The van der Waals surface area contributed by atoms with Gasteiger partial charge in [0, 0.05) is 43.6 Å². The number of halogens is 3. The summed E-state index contributed by atoms with van der Waals surface area (Å²) < 4.78 is 26.1. The average molecular weight is 368 g/mol. The van der Waals surface area contributed by atoms with Crippen molar-refractivity contribution >= 4 is 18.3 Å². The topological polar surface area (TPSA) is 45.2 Å². The Labute approximate surface area is 151 Å². The van der Waals surface area contributed by atoms with E-state index >= 15 is 0 Å². The maximum atomic E-state index is 13.2. The second-order valence-electron chi connectivity index (χ2n) is 5.93. The molecule has 25 heavy (non-hydrogen) atoms. The number of benzene rings is 1. The first-order chi connectivity index (χ1) is 11.6.